The molecule has 0 aliphatic carbocycles. The van der Waals surface area contributed by atoms with E-state index in [0.717, 1.165) is 11.0 Å². The summed E-state index contributed by atoms with van der Waals surface area (Å²) in [6.07, 6.45) is 0.0617. The number of rotatable bonds is 6. The Morgan fingerprint density at radius 3 is 2.90 bits per heavy atom. The predicted molar refractivity (Wildman–Crippen MR) is 77.1 cm³/mol. The standard InChI is InChI=1S/C15H20N2O3/c1-2-14(18)17-8-7-11(16)15(19)13-9-10-5-3-4-6-12(10)20-13/h3-6,9,11,15,19H,2,7-8,16H2,1H3,(H,17,18). The molecule has 0 saturated heterocycles. The van der Waals surface area contributed by atoms with Gasteiger partial charge in [-0.05, 0) is 18.6 Å². The second-order valence-electron chi connectivity index (χ2n) is 4.79. The molecule has 0 bridgehead atoms. The van der Waals surface area contributed by atoms with Crippen molar-refractivity contribution in [3.8, 4) is 0 Å². The van der Waals surface area contributed by atoms with Crippen LogP contribution in [0, 0.1) is 0 Å². The molecule has 2 atom stereocenters. The van der Waals surface area contributed by atoms with E-state index in [9.17, 15) is 9.90 Å². The van der Waals surface area contributed by atoms with Crippen LogP contribution in [0.25, 0.3) is 11.0 Å². The first-order chi connectivity index (χ1) is 9.61. The Kier molecular flexibility index (Phi) is 4.76. The highest BCUT2D eigenvalue weighted by Gasteiger charge is 2.20. The van der Waals surface area contributed by atoms with Gasteiger partial charge in [-0.2, -0.15) is 0 Å². The lowest BCUT2D eigenvalue weighted by molar-refractivity contribution is -0.120. The van der Waals surface area contributed by atoms with Gasteiger partial charge in [0.25, 0.3) is 0 Å². The van der Waals surface area contributed by atoms with Crippen LogP contribution in [0.3, 0.4) is 0 Å². The second-order valence-corrected chi connectivity index (χ2v) is 4.79. The number of para-hydroxylation sites is 1. The van der Waals surface area contributed by atoms with Gasteiger partial charge in [-0.1, -0.05) is 25.1 Å². The molecule has 0 fully saturated rings. The number of aliphatic hydroxyl groups excluding tert-OH is 1. The van der Waals surface area contributed by atoms with Crippen molar-refractivity contribution in [2.24, 2.45) is 5.73 Å². The van der Waals surface area contributed by atoms with Gasteiger partial charge in [-0.15, -0.1) is 0 Å². The summed E-state index contributed by atoms with van der Waals surface area (Å²) in [5, 5.41) is 13.9. The molecule has 4 N–H and O–H groups in total. The highest BCUT2D eigenvalue weighted by Crippen LogP contribution is 2.25. The fourth-order valence-electron chi connectivity index (χ4n) is 2.02. The van der Waals surface area contributed by atoms with Crippen molar-refractivity contribution < 1.29 is 14.3 Å². The highest BCUT2D eigenvalue weighted by atomic mass is 16.4. The quantitative estimate of drug-likeness (QED) is 0.749. The van der Waals surface area contributed by atoms with E-state index in [2.05, 4.69) is 5.32 Å². The van der Waals surface area contributed by atoms with Crippen LogP contribution >= 0.6 is 0 Å². The molecule has 0 aliphatic heterocycles. The molecule has 2 rings (SSSR count). The Bertz CT molecular complexity index is 546. The van der Waals surface area contributed by atoms with Crippen molar-refractivity contribution in [1.29, 1.82) is 0 Å². The molecule has 20 heavy (non-hydrogen) atoms. The third-order valence-corrected chi connectivity index (χ3v) is 3.26. The summed E-state index contributed by atoms with van der Waals surface area (Å²) >= 11 is 0. The molecule has 2 aromatic rings. The number of aliphatic hydroxyl groups is 1. The lowest BCUT2D eigenvalue weighted by Crippen LogP contribution is -2.33. The van der Waals surface area contributed by atoms with Gasteiger partial charge in [0, 0.05) is 24.4 Å². The van der Waals surface area contributed by atoms with Gasteiger partial charge in [0.1, 0.15) is 17.4 Å². The fourth-order valence-corrected chi connectivity index (χ4v) is 2.02. The number of nitrogens with one attached hydrogen (secondary N) is 1. The molecular formula is C15H20N2O3. The first-order valence-corrected chi connectivity index (χ1v) is 6.80. The molecule has 1 aromatic carbocycles. The number of carbonyl (C=O) groups is 1. The number of furan rings is 1. The summed E-state index contributed by atoms with van der Waals surface area (Å²) < 4.78 is 5.58. The van der Waals surface area contributed by atoms with Gasteiger partial charge in [-0.3, -0.25) is 4.79 Å². The van der Waals surface area contributed by atoms with Crippen molar-refractivity contribution in [1.82, 2.24) is 5.32 Å². The number of hydrogen-bond donors (Lipinski definition) is 3. The van der Waals surface area contributed by atoms with Gasteiger partial charge >= 0.3 is 0 Å². The number of carbonyl (C=O) groups excluding carboxylic acids is 1. The molecule has 5 nitrogen and oxygen atoms in total. The number of amides is 1. The Hall–Kier alpha value is -1.85. The average Bonchev–Trinajstić information content (AvgIpc) is 2.89. The average molecular weight is 276 g/mol. The molecule has 1 heterocycles. The molecule has 108 valence electrons. The molecule has 2 unspecified atom stereocenters. The predicted octanol–water partition coefficient (Wildman–Crippen LogP) is 1.71. The largest absolute Gasteiger partial charge is 0.458 e. The molecule has 5 heteroatoms. The maximum atomic E-state index is 11.1. The summed E-state index contributed by atoms with van der Waals surface area (Å²) in [5.41, 5.74) is 6.67. The monoisotopic (exact) mass is 276 g/mol. The first kappa shape index (κ1) is 14.6. The van der Waals surface area contributed by atoms with Gasteiger partial charge in [0.2, 0.25) is 5.91 Å². The Labute approximate surface area is 117 Å². The smallest absolute Gasteiger partial charge is 0.219 e. The summed E-state index contributed by atoms with van der Waals surface area (Å²) in [6.45, 7) is 2.24. The van der Waals surface area contributed by atoms with E-state index in [1.807, 2.05) is 24.3 Å². The number of nitrogens with two attached hydrogens (primary N) is 1. The van der Waals surface area contributed by atoms with Crippen molar-refractivity contribution in [2.45, 2.75) is 31.9 Å². The van der Waals surface area contributed by atoms with Crippen LogP contribution in [-0.2, 0) is 4.79 Å². The zero-order valence-corrected chi connectivity index (χ0v) is 11.5. The third kappa shape index (κ3) is 3.37. The maximum Gasteiger partial charge on any atom is 0.219 e. The van der Waals surface area contributed by atoms with E-state index in [4.69, 9.17) is 10.2 Å². The second kappa shape index (κ2) is 6.54. The van der Waals surface area contributed by atoms with Crippen LogP contribution in [0.15, 0.2) is 34.7 Å². The Morgan fingerprint density at radius 1 is 1.45 bits per heavy atom. The van der Waals surface area contributed by atoms with Crippen LogP contribution < -0.4 is 11.1 Å². The lowest BCUT2D eigenvalue weighted by atomic mass is 10.1. The van der Waals surface area contributed by atoms with Gasteiger partial charge in [0.15, 0.2) is 0 Å². The Balaban J connectivity index is 1.95. The summed E-state index contributed by atoms with van der Waals surface area (Å²) in [5.74, 6) is 0.441. The van der Waals surface area contributed by atoms with E-state index in [-0.39, 0.29) is 5.91 Å². The van der Waals surface area contributed by atoms with Gasteiger partial charge < -0.3 is 20.6 Å². The normalized spacial score (nSPS) is 14.2. The maximum absolute atomic E-state index is 11.1. The van der Waals surface area contributed by atoms with Crippen molar-refractivity contribution in [3.05, 3.63) is 36.1 Å². The summed E-state index contributed by atoms with van der Waals surface area (Å²) in [4.78, 5) is 11.1. The SMILES string of the molecule is CCC(=O)NCCC(N)C(O)c1cc2ccccc2o1. The fraction of sp³-hybridized carbons (Fsp3) is 0.400. The number of benzene rings is 1. The van der Waals surface area contributed by atoms with Gasteiger partial charge in [0.05, 0.1) is 0 Å². The number of hydrogen-bond acceptors (Lipinski definition) is 4. The molecule has 0 radical (unpaired) electrons. The molecule has 0 aliphatic rings. The van der Waals surface area contributed by atoms with Crippen LogP contribution in [0.4, 0.5) is 0 Å². The molecule has 0 spiro atoms. The zero-order valence-electron chi connectivity index (χ0n) is 11.5. The molecule has 0 saturated carbocycles. The minimum atomic E-state index is -0.874. The topological polar surface area (TPSA) is 88.5 Å². The molecule has 1 amide bonds. The van der Waals surface area contributed by atoms with E-state index in [1.54, 1.807) is 13.0 Å². The van der Waals surface area contributed by atoms with Crippen LogP contribution in [0.2, 0.25) is 0 Å². The lowest BCUT2D eigenvalue weighted by Gasteiger charge is -2.16. The highest BCUT2D eigenvalue weighted by molar-refractivity contribution is 5.77. The van der Waals surface area contributed by atoms with E-state index < -0.39 is 12.1 Å². The molecule has 1 aromatic heterocycles. The van der Waals surface area contributed by atoms with Crippen molar-refractivity contribution in [2.75, 3.05) is 6.54 Å². The minimum Gasteiger partial charge on any atom is -0.458 e. The molecular weight excluding hydrogens is 256 g/mol. The number of fused-ring (bicyclic) bond motifs is 1. The van der Waals surface area contributed by atoms with E-state index in [1.165, 1.54) is 0 Å². The van der Waals surface area contributed by atoms with E-state index >= 15 is 0 Å². The zero-order chi connectivity index (χ0) is 14.5. The minimum absolute atomic E-state index is 0.0181. The van der Waals surface area contributed by atoms with Crippen LogP contribution in [-0.4, -0.2) is 23.6 Å². The third-order valence-electron chi connectivity index (χ3n) is 3.26. The van der Waals surface area contributed by atoms with Crippen molar-refractivity contribution in [3.63, 3.8) is 0 Å². The summed E-state index contributed by atoms with van der Waals surface area (Å²) in [7, 11) is 0. The first-order valence-electron chi connectivity index (χ1n) is 6.80. The Morgan fingerprint density at radius 2 is 2.20 bits per heavy atom. The van der Waals surface area contributed by atoms with Crippen LogP contribution in [0.5, 0.6) is 0 Å². The van der Waals surface area contributed by atoms with E-state index in [0.29, 0.717) is 25.1 Å². The van der Waals surface area contributed by atoms with Crippen molar-refractivity contribution >= 4 is 16.9 Å². The summed E-state index contributed by atoms with van der Waals surface area (Å²) in [6, 6.07) is 8.87. The van der Waals surface area contributed by atoms with Gasteiger partial charge in [-0.25, -0.2) is 0 Å². The van der Waals surface area contributed by atoms with Crippen LogP contribution in [0.1, 0.15) is 31.6 Å².